The van der Waals surface area contributed by atoms with E-state index in [4.69, 9.17) is 5.26 Å². The Labute approximate surface area is 75.5 Å². The average molecular weight is 169 g/mol. The second-order valence-corrected chi connectivity index (χ2v) is 2.59. The first-order chi connectivity index (χ1) is 6.42. The maximum atomic E-state index is 8.37. The molecule has 0 fully saturated rings. The number of nitrogens with zero attached hydrogens (tertiary/aromatic N) is 3. The van der Waals surface area contributed by atoms with Crippen LogP contribution in [0.15, 0.2) is 36.7 Å². The van der Waals surface area contributed by atoms with Crippen LogP contribution in [0.1, 0.15) is 0 Å². The van der Waals surface area contributed by atoms with Crippen molar-refractivity contribution in [2.75, 3.05) is 0 Å². The molecule has 0 N–H and O–H groups in total. The third-order valence-corrected chi connectivity index (χ3v) is 1.79. The largest absolute Gasteiger partial charge is 0.305 e. The smallest absolute Gasteiger partial charge is 0.0999 e. The molecule has 0 aliphatic heterocycles. The molecule has 1 aromatic carbocycles. The van der Waals surface area contributed by atoms with Crippen LogP contribution in [0.25, 0.3) is 17.2 Å². The number of imidazole rings is 1. The van der Waals surface area contributed by atoms with Gasteiger partial charge in [0.05, 0.1) is 23.4 Å². The monoisotopic (exact) mass is 169 g/mol. The predicted octanol–water partition coefficient (Wildman–Crippen LogP) is 2.03. The molecule has 2 rings (SSSR count). The Morgan fingerprint density at radius 1 is 1.38 bits per heavy atom. The Morgan fingerprint density at radius 3 is 3.08 bits per heavy atom. The summed E-state index contributed by atoms with van der Waals surface area (Å²) in [5.41, 5.74) is 1.94. The zero-order valence-electron chi connectivity index (χ0n) is 6.88. The molecule has 0 radical (unpaired) electrons. The highest BCUT2D eigenvalue weighted by atomic mass is 15.0. The maximum Gasteiger partial charge on any atom is 0.0999 e. The summed E-state index contributed by atoms with van der Waals surface area (Å²) in [4.78, 5) is 4.17. The van der Waals surface area contributed by atoms with Crippen LogP contribution in [-0.4, -0.2) is 9.55 Å². The van der Waals surface area contributed by atoms with Crippen LogP contribution in [0, 0.1) is 11.3 Å². The third-order valence-electron chi connectivity index (χ3n) is 1.79. The van der Waals surface area contributed by atoms with Gasteiger partial charge >= 0.3 is 0 Å². The van der Waals surface area contributed by atoms with Crippen LogP contribution in [0.4, 0.5) is 0 Å². The summed E-state index contributed by atoms with van der Waals surface area (Å²) in [5.74, 6) is 0. The number of benzene rings is 1. The number of allylic oxidation sites excluding steroid dienone is 1. The Kier molecular flexibility index (Phi) is 1.81. The van der Waals surface area contributed by atoms with Crippen LogP contribution >= 0.6 is 0 Å². The molecule has 3 heteroatoms. The lowest BCUT2D eigenvalue weighted by molar-refractivity contribution is 1.17. The highest BCUT2D eigenvalue weighted by Gasteiger charge is 1.96. The van der Waals surface area contributed by atoms with Gasteiger partial charge in [-0.25, -0.2) is 4.98 Å². The normalized spacial score (nSPS) is 10.7. The van der Waals surface area contributed by atoms with Crippen LogP contribution in [0.2, 0.25) is 0 Å². The summed E-state index contributed by atoms with van der Waals surface area (Å²) in [6, 6.07) is 9.72. The Morgan fingerprint density at radius 2 is 2.23 bits per heavy atom. The van der Waals surface area contributed by atoms with Gasteiger partial charge in [0.2, 0.25) is 0 Å². The Bertz CT molecular complexity index is 488. The molecule has 0 spiro atoms. The SMILES string of the molecule is N#C/C=C/n1cnc2ccccc21. The maximum absolute atomic E-state index is 8.37. The van der Waals surface area contributed by atoms with Crippen molar-refractivity contribution in [3.05, 3.63) is 36.7 Å². The van der Waals surface area contributed by atoms with Crippen molar-refractivity contribution in [1.82, 2.24) is 9.55 Å². The zero-order chi connectivity index (χ0) is 9.10. The van der Waals surface area contributed by atoms with Gasteiger partial charge in [0, 0.05) is 12.3 Å². The number of rotatable bonds is 1. The third kappa shape index (κ3) is 1.30. The predicted molar refractivity (Wildman–Crippen MR) is 50.7 cm³/mol. The average Bonchev–Trinajstić information content (AvgIpc) is 2.58. The minimum absolute atomic E-state index is 0.935. The minimum Gasteiger partial charge on any atom is -0.305 e. The highest BCUT2D eigenvalue weighted by molar-refractivity contribution is 5.77. The van der Waals surface area contributed by atoms with Crippen molar-refractivity contribution in [3.8, 4) is 6.07 Å². The van der Waals surface area contributed by atoms with Crippen LogP contribution in [-0.2, 0) is 0 Å². The molecule has 3 nitrogen and oxygen atoms in total. The van der Waals surface area contributed by atoms with E-state index in [2.05, 4.69) is 4.98 Å². The molecule has 0 aliphatic rings. The number of nitriles is 1. The standard InChI is InChI=1S/C10H7N3/c11-6-3-7-13-8-12-9-4-1-2-5-10(9)13/h1-5,7-8H/b7-3+. The van der Waals surface area contributed by atoms with Crippen molar-refractivity contribution in [2.45, 2.75) is 0 Å². The molecule has 0 saturated heterocycles. The van der Waals surface area contributed by atoms with E-state index < -0.39 is 0 Å². The Hall–Kier alpha value is -2.08. The number of hydrogen-bond donors (Lipinski definition) is 0. The van der Waals surface area contributed by atoms with E-state index in [0.29, 0.717) is 0 Å². The number of para-hydroxylation sites is 2. The second-order valence-electron chi connectivity index (χ2n) is 2.59. The molecule has 62 valence electrons. The molecule has 0 amide bonds. The van der Waals surface area contributed by atoms with Crippen molar-refractivity contribution in [1.29, 1.82) is 5.26 Å². The van der Waals surface area contributed by atoms with Gasteiger partial charge in [-0.3, -0.25) is 0 Å². The van der Waals surface area contributed by atoms with Gasteiger partial charge in [-0.2, -0.15) is 5.26 Å². The lowest BCUT2D eigenvalue weighted by Gasteiger charge is -1.92. The van der Waals surface area contributed by atoms with Gasteiger partial charge in [0.15, 0.2) is 0 Å². The minimum atomic E-state index is 0.935. The lowest BCUT2D eigenvalue weighted by Crippen LogP contribution is -1.80. The van der Waals surface area contributed by atoms with Crippen LogP contribution in [0.5, 0.6) is 0 Å². The molecule has 0 bridgehead atoms. The fourth-order valence-electron chi connectivity index (χ4n) is 1.21. The van der Waals surface area contributed by atoms with Gasteiger partial charge in [-0.15, -0.1) is 0 Å². The van der Waals surface area contributed by atoms with E-state index in [9.17, 15) is 0 Å². The molecule has 1 aromatic heterocycles. The first-order valence-corrected chi connectivity index (χ1v) is 3.89. The lowest BCUT2D eigenvalue weighted by atomic mass is 10.3. The van der Waals surface area contributed by atoms with Crippen molar-refractivity contribution in [3.63, 3.8) is 0 Å². The van der Waals surface area contributed by atoms with Crippen molar-refractivity contribution < 1.29 is 0 Å². The van der Waals surface area contributed by atoms with E-state index in [1.165, 1.54) is 6.08 Å². The summed E-state index contributed by atoms with van der Waals surface area (Å²) in [6.07, 6.45) is 4.81. The van der Waals surface area contributed by atoms with Gasteiger partial charge in [-0.1, -0.05) is 12.1 Å². The quantitative estimate of drug-likeness (QED) is 0.613. The Balaban J connectivity index is 2.59. The summed E-state index contributed by atoms with van der Waals surface area (Å²) < 4.78 is 1.82. The number of hydrogen-bond acceptors (Lipinski definition) is 2. The first kappa shape index (κ1) is 7.56. The van der Waals surface area contributed by atoms with Gasteiger partial charge in [-0.05, 0) is 12.1 Å². The van der Waals surface area contributed by atoms with E-state index >= 15 is 0 Å². The molecule has 0 saturated carbocycles. The van der Waals surface area contributed by atoms with E-state index in [0.717, 1.165) is 11.0 Å². The van der Waals surface area contributed by atoms with Crippen molar-refractivity contribution >= 4 is 17.2 Å². The molecule has 1 heterocycles. The van der Waals surface area contributed by atoms with Crippen LogP contribution < -0.4 is 0 Å². The fraction of sp³-hybridized carbons (Fsp3) is 0. The van der Waals surface area contributed by atoms with E-state index in [1.807, 2.05) is 34.9 Å². The van der Waals surface area contributed by atoms with Crippen LogP contribution in [0.3, 0.4) is 0 Å². The van der Waals surface area contributed by atoms with Gasteiger partial charge < -0.3 is 4.57 Å². The molecular weight excluding hydrogens is 162 g/mol. The molecular formula is C10H7N3. The fourth-order valence-corrected chi connectivity index (χ4v) is 1.21. The summed E-state index contributed by atoms with van der Waals surface area (Å²) in [5, 5.41) is 8.37. The molecule has 0 aliphatic carbocycles. The summed E-state index contributed by atoms with van der Waals surface area (Å²) in [6.45, 7) is 0. The first-order valence-electron chi connectivity index (χ1n) is 3.89. The van der Waals surface area contributed by atoms with Gasteiger partial charge in [0.1, 0.15) is 0 Å². The molecule has 2 aromatic rings. The second kappa shape index (κ2) is 3.11. The van der Waals surface area contributed by atoms with E-state index in [1.54, 1.807) is 12.5 Å². The number of aromatic nitrogens is 2. The summed E-state index contributed by atoms with van der Waals surface area (Å²) in [7, 11) is 0. The molecule has 0 atom stereocenters. The summed E-state index contributed by atoms with van der Waals surface area (Å²) >= 11 is 0. The van der Waals surface area contributed by atoms with Gasteiger partial charge in [0.25, 0.3) is 0 Å². The zero-order valence-corrected chi connectivity index (χ0v) is 6.88. The number of fused-ring (bicyclic) bond motifs is 1. The molecule has 0 unspecified atom stereocenters. The topological polar surface area (TPSA) is 41.6 Å². The highest BCUT2D eigenvalue weighted by Crippen LogP contribution is 2.11. The molecule has 13 heavy (non-hydrogen) atoms. The van der Waals surface area contributed by atoms with E-state index in [-0.39, 0.29) is 0 Å². The van der Waals surface area contributed by atoms with Crippen molar-refractivity contribution in [2.24, 2.45) is 0 Å².